The van der Waals surface area contributed by atoms with E-state index in [0.29, 0.717) is 6.42 Å². The second kappa shape index (κ2) is 10.5. The molecule has 1 heterocycles. The van der Waals surface area contributed by atoms with Crippen LogP contribution < -0.4 is 22.1 Å². The van der Waals surface area contributed by atoms with Crippen LogP contribution in [-0.4, -0.2) is 93.7 Å². The Labute approximate surface area is 160 Å². The molecule has 4 atom stereocenters. The third-order valence-corrected chi connectivity index (χ3v) is 4.19. The number of carbonyl (C=O) groups excluding carboxylic acids is 4. The van der Waals surface area contributed by atoms with Crippen molar-refractivity contribution in [2.75, 3.05) is 19.8 Å². The van der Waals surface area contributed by atoms with Crippen molar-refractivity contribution in [2.45, 2.75) is 43.4 Å². The highest BCUT2D eigenvalue weighted by atomic mass is 16.4. The highest BCUT2D eigenvalue weighted by molar-refractivity contribution is 5.96. The van der Waals surface area contributed by atoms with Crippen LogP contribution in [0.1, 0.15) is 19.3 Å². The molecule has 0 bridgehead atoms. The molecule has 1 fully saturated rings. The lowest BCUT2D eigenvalue weighted by Gasteiger charge is -2.27. The number of carboxylic acids is 1. The van der Waals surface area contributed by atoms with Crippen LogP contribution in [0.5, 0.6) is 0 Å². The van der Waals surface area contributed by atoms with Crippen LogP contribution in [0, 0.1) is 0 Å². The fourth-order valence-corrected chi connectivity index (χ4v) is 2.72. The summed E-state index contributed by atoms with van der Waals surface area (Å²) >= 11 is 0. The van der Waals surface area contributed by atoms with Crippen LogP contribution in [0.25, 0.3) is 0 Å². The molecule has 4 amide bonds. The van der Waals surface area contributed by atoms with Crippen LogP contribution in [0.3, 0.4) is 0 Å². The van der Waals surface area contributed by atoms with Crippen molar-refractivity contribution >= 4 is 29.6 Å². The molecule has 0 radical (unpaired) electrons. The zero-order chi connectivity index (χ0) is 21.4. The number of nitrogens with zero attached hydrogens (tertiary/aromatic N) is 1. The quantitative estimate of drug-likeness (QED) is 0.185. The number of carboxylic acid groups (broad SMARTS) is 1. The number of primary amides is 1. The smallest absolute Gasteiger partial charge is 0.326 e. The number of likely N-dealkylation sites (tertiary alicyclic amines) is 1. The number of hydrogen-bond acceptors (Lipinski definition) is 8. The summed E-state index contributed by atoms with van der Waals surface area (Å²) in [6, 6.07) is -5.40. The Balaban J connectivity index is 2.87. The van der Waals surface area contributed by atoms with Gasteiger partial charge >= 0.3 is 5.97 Å². The summed E-state index contributed by atoms with van der Waals surface area (Å²) < 4.78 is 0. The molecule has 0 aromatic rings. The zero-order valence-corrected chi connectivity index (χ0v) is 15.0. The van der Waals surface area contributed by atoms with Crippen LogP contribution in [0.4, 0.5) is 0 Å². The average molecular weight is 403 g/mol. The molecule has 1 aliphatic rings. The lowest BCUT2D eigenvalue weighted by atomic mass is 10.1. The van der Waals surface area contributed by atoms with Gasteiger partial charge in [-0.2, -0.15) is 0 Å². The topological polar surface area (TPSA) is 225 Å². The molecule has 0 aliphatic carbocycles. The zero-order valence-electron chi connectivity index (χ0n) is 15.0. The monoisotopic (exact) mass is 403 g/mol. The molecule has 13 heteroatoms. The SMILES string of the molecule is NC(=O)CC(NC(=O)C(N)CO)C(=O)NC(CO)C(=O)N1CCCC1C(=O)O. The molecule has 158 valence electrons. The van der Waals surface area contributed by atoms with Crippen molar-refractivity contribution in [1.29, 1.82) is 0 Å². The molecule has 4 unspecified atom stereocenters. The van der Waals surface area contributed by atoms with Crippen molar-refractivity contribution < 1.29 is 39.3 Å². The van der Waals surface area contributed by atoms with Gasteiger partial charge in [0.25, 0.3) is 0 Å². The van der Waals surface area contributed by atoms with Gasteiger partial charge < -0.3 is 42.3 Å². The lowest BCUT2D eigenvalue weighted by Crippen LogP contribution is -2.59. The van der Waals surface area contributed by atoms with Gasteiger partial charge in [-0.05, 0) is 12.8 Å². The predicted molar refractivity (Wildman–Crippen MR) is 92.2 cm³/mol. The predicted octanol–water partition coefficient (Wildman–Crippen LogP) is -4.78. The lowest BCUT2D eigenvalue weighted by molar-refractivity contribution is -0.150. The van der Waals surface area contributed by atoms with Gasteiger partial charge in [0.15, 0.2) is 0 Å². The van der Waals surface area contributed by atoms with E-state index in [2.05, 4.69) is 10.6 Å². The van der Waals surface area contributed by atoms with Gasteiger partial charge in [-0.15, -0.1) is 0 Å². The third-order valence-electron chi connectivity index (χ3n) is 4.19. The summed E-state index contributed by atoms with van der Waals surface area (Å²) in [6.45, 7) is -1.39. The molecule has 0 spiro atoms. The molecule has 13 nitrogen and oxygen atoms in total. The maximum atomic E-state index is 12.5. The fraction of sp³-hybridized carbons (Fsp3) is 0.667. The Morgan fingerprint density at radius 2 is 1.64 bits per heavy atom. The molecule has 1 rings (SSSR count). The highest BCUT2D eigenvalue weighted by Gasteiger charge is 2.38. The van der Waals surface area contributed by atoms with Gasteiger partial charge in [-0.3, -0.25) is 19.2 Å². The average Bonchev–Trinajstić information content (AvgIpc) is 3.13. The summed E-state index contributed by atoms with van der Waals surface area (Å²) in [5.74, 6) is -4.88. The van der Waals surface area contributed by atoms with Crippen molar-refractivity contribution in [2.24, 2.45) is 11.5 Å². The molecule has 1 saturated heterocycles. The molecule has 0 aromatic carbocycles. The van der Waals surface area contributed by atoms with Gasteiger partial charge in [0.2, 0.25) is 23.6 Å². The van der Waals surface area contributed by atoms with Crippen LogP contribution in [-0.2, 0) is 24.0 Å². The Bertz CT molecular complexity index is 628. The summed E-state index contributed by atoms with van der Waals surface area (Å²) in [6.07, 6.45) is 0.0737. The number of hydrogen-bond donors (Lipinski definition) is 7. The number of amides is 4. The summed E-state index contributed by atoms with van der Waals surface area (Å²) in [5.41, 5.74) is 10.4. The van der Waals surface area contributed by atoms with E-state index in [9.17, 15) is 29.1 Å². The standard InChI is InChI=1S/C15H25N5O8/c16-7(5-21)12(24)18-8(4-11(17)23)13(25)19-9(6-22)14(26)20-3-1-2-10(20)15(27)28/h7-10,21-22H,1-6,16H2,(H2,17,23)(H,18,24)(H,19,25)(H,27,28). The number of nitrogens with one attached hydrogen (secondary N) is 2. The second-order valence-corrected chi connectivity index (χ2v) is 6.29. The molecular weight excluding hydrogens is 378 g/mol. The Morgan fingerprint density at radius 1 is 1.04 bits per heavy atom. The van der Waals surface area contributed by atoms with Crippen molar-refractivity contribution in [1.82, 2.24) is 15.5 Å². The minimum Gasteiger partial charge on any atom is -0.480 e. The third kappa shape index (κ3) is 6.14. The molecule has 0 aromatic heterocycles. The minimum absolute atomic E-state index is 0.148. The van der Waals surface area contributed by atoms with E-state index < -0.39 is 73.4 Å². The van der Waals surface area contributed by atoms with E-state index in [4.69, 9.17) is 21.7 Å². The van der Waals surface area contributed by atoms with Crippen molar-refractivity contribution in [3.05, 3.63) is 0 Å². The number of aliphatic hydroxyl groups is 2. The summed E-state index contributed by atoms with van der Waals surface area (Å²) in [4.78, 5) is 60.1. The number of aliphatic hydroxyl groups excluding tert-OH is 2. The number of carbonyl (C=O) groups is 5. The summed E-state index contributed by atoms with van der Waals surface area (Å²) in [5, 5.41) is 31.8. The van der Waals surface area contributed by atoms with Gasteiger partial charge in [0, 0.05) is 6.54 Å². The Morgan fingerprint density at radius 3 is 2.14 bits per heavy atom. The molecule has 0 saturated carbocycles. The number of aliphatic carboxylic acids is 1. The first-order chi connectivity index (χ1) is 13.1. The molecule has 1 aliphatic heterocycles. The van der Waals surface area contributed by atoms with E-state index in [1.54, 1.807) is 0 Å². The van der Waals surface area contributed by atoms with E-state index >= 15 is 0 Å². The van der Waals surface area contributed by atoms with Gasteiger partial charge in [-0.1, -0.05) is 0 Å². The maximum absolute atomic E-state index is 12.5. The molecule has 28 heavy (non-hydrogen) atoms. The van der Waals surface area contributed by atoms with E-state index in [1.165, 1.54) is 0 Å². The van der Waals surface area contributed by atoms with E-state index in [1.807, 2.05) is 0 Å². The summed E-state index contributed by atoms with van der Waals surface area (Å²) in [7, 11) is 0. The molecular formula is C15H25N5O8. The largest absolute Gasteiger partial charge is 0.480 e. The second-order valence-electron chi connectivity index (χ2n) is 6.29. The van der Waals surface area contributed by atoms with Crippen molar-refractivity contribution in [3.63, 3.8) is 0 Å². The minimum atomic E-state index is -1.50. The first-order valence-corrected chi connectivity index (χ1v) is 8.52. The number of nitrogens with two attached hydrogens (primary N) is 2. The van der Waals surface area contributed by atoms with Gasteiger partial charge in [0.05, 0.1) is 19.6 Å². The van der Waals surface area contributed by atoms with E-state index in [-0.39, 0.29) is 13.0 Å². The van der Waals surface area contributed by atoms with Crippen LogP contribution >= 0.6 is 0 Å². The first-order valence-electron chi connectivity index (χ1n) is 8.52. The Kier molecular flexibility index (Phi) is 8.76. The Hall–Kier alpha value is -2.77. The highest BCUT2D eigenvalue weighted by Crippen LogP contribution is 2.18. The number of rotatable bonds is 10. The molecule has 9 N–H and O–H groups in total. The maximum Gasteiger partial charge on any atom is 0.326 e. The van der Waals surface area contributed by atoms with Crippen LogP contribution in [0.2, 0.25) is 0 Å². The first kappa shape index (κ1) is 23.3. The van der Waals surface area contributed by atoms with Crippen molar-refractivity contribution in [3.8, 4) is 0 Å². The normalized spacial score (nSPS) is 19.4. The van der Waals surface area contributed by atoms with Crippen LogP contribution in [0.15, 0.2) is 0 Å². The van der Waals surface area contributed by atoms with Gasteiger partial charge in [0.1, 0.15) is 24.2 Å². The fourth-order valence-electron chi connectivity index (χ4n) is 2.72. The van der Waals surface area contributed by atoms with Gasteiger partial charge in [-0.25, -0.2) is 4.79 Å². The van der Waals surface area contributed by atoms with E-state index in [0.717, 1.165) is 4.90 Å².